The summed E-state index contributed by atoms with van der Waals surface area (Å²) in [6, 6.07) is 11.4. The lowest BCUT2D eigenvalue weighted by Crippen LogP contribution is -2.37. The van der Waals surface area contributed by atoms with Crippen molar-refractivity contribution < 1.29 is 18.8 Å². The van der Waals surface area contributed by atoms with Gasteiger partial charge < -0.3 is 14.8 Å². The van der Waals surface area contributed by atoms with Gasteiger partial charge in [-0.15, -0.1) is 0 Å². The van der Waals surface area contributed by atoms with Crippen LogP contribution in [0.25, 0.3) is 10.9 Å². The first-order chi connectivity index (χ1) is 14.9. The SMILES string of the molecule is Cc1ccc(NC(=O)C(=O)c2cn(CC(=O)N3CCCCC3)c3ccccc23)cc1F. The van der Waals surface area contributed by atoms with E-state index in [-0.39, 0.29) is 23.7 Å². The van der Waals surface area contributed by atoms with Crippen LogP contribution < -0.4 is 5.32 Å². The molecule has 1 aliphatic rings. The molecule has 0 aliphatic carbocycles. The number of para-hydroxylation sites is 1. The highest BCUT2D eigenvalue weighted by Gasteiger charge is 2.24. The Bertz CT molecular complexity index is 1160. The Morgan fingerprint density at radius 2 is 1.77 bits per heavy atom. The highest BCUT2D eigenvalue weighted by molar-refractivity contribution is 6.48. The Kier molecular flexibility index (Phi) is 5.84. The van der Waals surface area contributed by atoms with Crippen LogP contribution in [0.4, 0.5) is 10.1 Å². The van der Waals surface area contributed by atoms with E-state index in [4.69, 9.17) is 0 Å². The predicted molar refractivity (Wildman–Crippen MR) is 116 cm³/mol. The zero-order valence-electron chi connectivity index (χ0n) is 17.4. The molecule has 160 valence electrons. The number of aromatic nitrogens is 1. The van der Waals surface area contributed by atoms with Crippen molar-refractivity contribution in [2.45, 2.75) is 32.7 Å². The molecule has 0 saturated carbocycles. The maximum Gasteiger partial charge on any atom is 0.296 e. The quantitative estimate of drug-likeness (QED) is 0.501. The van der Waals surface area contributed by atoms with E-state index in [1.807, 2.05) is 17.0 Å². The number of carbonyl (C=O) groups excluding carboxylic acids is 3. The highest BCUT2D eigenvalue weighted by Crippen LogP contribution is 2.23. The summed E-state index contributed by atoms with van der Waals surface area (Å²) in [7, 11) is 0. The molecule has 0 bridgehead atoms. The van der Waals surface area contributed by atoms with Crippen LogP contribution in [-0.4, -0.2) is 40.2 Å². The summed E-state index contributed by atoms with van der Waals surface area (Å²) in [6.45, 7) is 3.23. The van der Waals surface area contributed by atoms with Crippen LogP contribution in [0.15, 0.2) is 48.7 Å². The van der Waals surface area contributed by atoms with Crippen LogP contribution in [0.1, 0.15) is 35.2 Å². The average Bonchev–Trinajstić information content (AvgIpc) is 3.14. The van der Waals surface area contributed by atoms with Crippen molar-refractivity contribution in [1.29, 1.82) is 0 Å². The van der Waals surface area contributed by atoms with Crippen LogP contribution in [0.3, 0.4) is 0 Å². The van der Waals surface area contributed by atoms with Crippen molar-refractivity contribution in [1.82, 2.24) is 9.47 Å². The second-order valence-corrected chi connectivity index (χ2v) is 7.88. The number of likely N-dealkylation sites (tertiary alicyclic amines) is 1. The van der Waals surface area contributed by atoms with Gasteiger partial charge in [0.25, 0.3) is 11.7 Å². The van der Waals surface area contributed by atoms with Gasteiger partial charge in [0.05, 0.1) is 5.56 Å². The van der Waals surface area contributed by atoms with Crippen LogP contribution >= 0.6 is 0 Å². The molecule has 2 heterocycles. The molecule has 2 amide bonds. The number of Topliss-reactive ketones (excluding diaryl/α,β-unsaturated/α-hetero) is 1. The zero-order chi connectivity index (χ0) is 22.0. The fourth-order valence-electron chi connectivity index (χ4n) is 3.93. The molecule has 0 spiro atoms. The van der Waals surface area contributed by atoms with Crippen LogP contribution in [0, 0.1) is 12.7 Å². The Balaban J connectivity index is 1.58. The third-order valence-corrected chi connectivity index (χ3v) is 5.68. The third-order valence-electron chi connectivity index (χ3n) is 5.68. The fraction of sp³-hybridized carbons (Fsp3) is 0.292. The molecule has 7 heteroatoms. The molecular formula is C24H24FN3O3. The first-order valence-corrected chi connectivity index (χ1v) is 10.4. The number of benzene rings is 2. The van der Waals surface area contributed by atoms with Crippen molar-refractivity contribution in [3.8, 4) is 0 Å². The van der Waals surface area contributed by atoms with E-state index in [1.54, 1.807) is 35.9 Å². The largest absolute Gasteiger partial charge is 0.341 e. The molecule has 31 heavy (non-hydrogen) atoms. The molecule has 6 nitrogen and oxygen atoms in total. The van der Waals surface area contributed by atoms with E-state index in [2.05, 4.69) is 5.32 Å². The van der Waals surface area contributed by atoms with Gasteiger partial charge in [0.2, 0.25) is 5.91 Å². The number of hydrogen-bond acceptors (Lipinski definition) is 3. The second-order valence-electron chi connectivity index (χ2n) is 7.88. The highest BCUT2D eigenvalue weighted by atomic mass is 19.1. The lowest BCUT2D eigenvalue weighted by molar-refractivity contribution is -0.132. The molecule has 0 atom stereocenters. The fourth-order valence-corrected chi connectivity index (χ4v) is 3.93. The Hall–Kier alpha value is -3.48. The molecule has 1 aromatic heterocycles. The number of aryl methyl sites for hydroxylation is 1. The molecule has 1 aliphatic heterocycles. The standard InChI is InChI=1S/C24H24FN3O3/c1-16-9-10-17(13-20(16)25)26-24(31)23(30)19-14-28(21-8-4-3-7-18(19)21)15-22(29)27-11-5-2-6-12-27/h3-4,7-10,13-14H,2,5-6,11-12,15H2,1H3,(H,26,31). The number of halogens is 1. The zero-order valence-corrected chi connectivity index (χ0v) is 17.4. The molecule has 2 aromatic carbocycles. The van der Waals surface area contributed by atoms with Gasteiger partial charge in [0, 0.05) is 35.9 Å². The first-order valence-electron chi connectivity index (χ1n) is 10.4. The van der Waals surface area contributed by atoms with E-state index in [0.717, 1.165) is 32.4 Å². The summed E-state index contributed by atoms with van der Waals surface area (Å²) in [4.78, 5) is 40.0. The second kappa shape index (κ2) is 8.71. The number of amides is 2. The number of piperidine rings is 1. The van der Waals surface area contributed by atoms with Gasteiger partial charge in [0.1, 0.15) is 12.4 Å². The smallest absolute Gasteiger partial charge is 0.296 e. The van der Waals surface area contributed by atoms with Gasteiger partial charge in [-0.3, -0.25) is 14.4 Å². The van der Waals surface area contributed by atoms with Crippen molar-refractivity contribution in [3.63, 3.8) is 0 Å². The van der Waals surface area contributed by atoms with Gasteiger partial charge in [-0.2, -0.15) is 0 Å². The van der Waals surface area contributed by atoms with Crippen LogP contribution in [-0.2, 0) is 16.1 Å². The minimum atomic E-state index is -0.853. The van der Waals surface area contributed by atoms with Crippen molar-refractivity contribution in [2.75, 3.05) is 18.4 Å². The third kappa shape index (κ3) is 4.35. The average molecular weight is 421 g/mol. The Morgan fingerprint density at radius 3 is 2.52 bits per heavy atom. The van der Waals surface area contributed by atoms with Gasteiger partial charge in [-0.1, -0.05) is 24.3 Å². The number of carbonyl (C=O) groups is 3. The molecule has 0 radical (unpaired) electrons. The van der Waals surface area contributed by atoms with E-state index >= 15 is 0 Å². The minimum absolute atomic E-state index is 0.000894. The molecule has 0 unspecified atom stereocenters. The number of rotatable bonds is 5. The molecule has 4 rings (SSSR count). The van der Waals surface area contributed by atoms with Crippen molar-refractivity contribution in [2.24, 2.45) is 0 Å². The molecular weight excluding hydrogens is 397 g/mol. The summed E-state index contributed by atoms with van der Waals surface area (Å²) in [5.41, 5.74) is 1.59. The van der Waals surface area contributed by atoms with Gasteiger partial charge in [-0.05, 0) is 49.9 Å². The Morgan fingerprint density at radius 1 is 1.03 bits per heavy atom. The van der Waals surface area contributed by atoms with E-state index in [1.165, 1.54) is 12.1 Å². The number of nitrogens with one attached hydrogen (secondary N) is 1. The molecule has 1 fully saturated rings. The summed E-state index contributed by atoms with van der Waals surface area (Å²) >= 11 is 0. The topological polar surface area (TPSA) is 71.4 Å². The number of anilines is 1. The predicted octanol–water partition coefficient (Wildman–Crippen LogP) is 3.92. The van der Waals surface area contributed by atoms with E-state index < -0.39 is 17.5 Å². The minimum Gasteiger partial charge on any atom is -0.341 e. The van der Waals surface area contributed by atoms with Crippen LogP contribution in [0.2, 0.25) is 0 Å². The van der Waals surface area contributed by atoms with Gasteiger partial charge in [-0.25, -0.2) is 4.39 Å². The van der Waals surface area contributed by atoms with Crippen LogP contribution in [0.5, 0.6) is 0 Å². The summed E-state index contributed by atoms with van der Waals surface area (Å²) in [6.07, 6.45) is 4.70. The van der Waals surface area contributed by atoms with Crippen molar-refractivity contribution >= 4 is 34.2 Å². The summed E-state index contributed by atoms with van der Waals surface area (Å²) in [5, 5.41) is 3.06. The van der Waals surface area contributed by atoms with Gasteiger partial charge >= 0.3 is 0 Å². The molecule has 1 saturated heterocycles. The van der Waals surface area contributed by atoms with E-state index in [0.29, 0.717) is 16.5 Å². The van der Waals surface area contributed by atoms with Gasteiger partial charge in [0.15, 0.2) is 0 Å². The summed E-state index contributed by atoms with van der Waals surface area (Å²) < 4.78 is 15.5. The maximum atomic E-state index is 13.8. The molecule has 3 aromatic rings. The van der Waals surface area contributed by atoms with Crippen molar-refractivity contribution in [3.05, 3.63) is 65.6 Å². The number of nitrogens with zero attached hydrogens (tertiary/aromatic N) is 2. The number of fused-ring (bicyclic) bond motifs is 1. The number of ketones is 1. The lowest BCUT2D eigenvalue weighted by Gasteiger charge is -2.27. The maximum absolute atomic E-state index is 13.8. The first kappa shape index (κ1) is 20.8. The summed E-state index contributed by atoms with van der Waals surface area (Å²) in [5.74, 6) is -2.05. The normalized spacial score (nSPS) is 13.9. The molecule has 1 N–H and O–H groups in total. The number of hydrogen-bond donors (Lipinski definition) is 1. The Labute approximate surface area is 179 Å². The lowest BCUT2D eigenvalue weighted by atomic mass is 10.1. The van der Waals surface area contributed by atoms with E-state index in [9.17, 15) is 18.8 Å². The monoisotopic (exact) mass is 421 g/mol.